The van der Waals surface area contributed by atoms with Crippen LogP contribution in [0, 0.1) is 11.8 Å². The van der Waals surface area contributed by atoms with Crippen LogP contribution in [0.3, 0.4) is 0 Å². The second-order valence-corrected chi connectivity index (χ2v) is 5.81. The Hall–Kier alpha value is -1.32. The highest BCUT2D eigenvalue weighted by atomic mass is 16.2. The highest BCUT2D eigenvalue weighted by Crippen LogP contribution is 2.36. The van der Waals surface area contributed by atoms with Crippen LogP contribution in [0.2, 0.25) is 0 Å². The Balaban J connectivity index is 1.68. The van der Waals surface area contributed by atoms with Crippen LogP contribution >= 0.6 is 0 Å². The number of hydrogen-bond acceptors (Lipinski definition) is 1. The summed E-state index contributed by atoms with van der Waals surface area (Å²) in [4.78, 5) is 14.4. The van der Waals surface area contributed by atoms with Gasteiger partial charge in [-0.25, -0.2) is 9.36 Å². The van der Waals surface area contributed by atoms with E-state index in [1.807, 2.05) is 35.2 Å². The average Bonchev–Trinajstić information content (AvgIpc) is 2.84. The van der Waals surface area contributed by atoms with Gasteiger partial charge < -0.3 is 4.90 Å². The molecule has 1 aromatic heterocycles. The second-order valence-electron chi connectivity index (χ2n) is 5.81. The monoisotopic (exact) mass is 248 g/mol. The molecule has 1 aliphatic carbocycles. The minimum absolute atomic E-state index is 0.139. The first kappa shape index (κ1) is 11.8. The smallest absolute Gasteiger partial charge is 0.304 e. The van der Waals surface area contributed by atoms with Gasteiger partial charge in [-0.2, -0.15) is 4.57 Å². The first-order chi connectivity index (χ1) is 8.74. The minimum atomic E-state index is 0.139. The van der Waals surface area contributed by atoms with Crippen LogP contribution in [0.1, 0.15) is 32.1 Å². The summed E-state index contributed by atoms with van der Waals surface area (Å²) in [5, 5.41) is 0. The number of hydrogen-bond donors (Lipinski definition) is 0. The van der Waals surface area contributed by atoms with Crippen LogP contribution in [0.4, 0.5) is 4.79 Å². The Labute approximate surface area is 108 Å². The quantitative estimate of drug-likeness (QED) is 0.644. The van der Waals surface area contributed by atoms with Gasteiger partial charge in [-0.15, -0.1) is 0 Å². The number of piperidine rings is 1. The average molecular weight is 248 g/mol. The van der Waals surface area contributed by atoms with E-state index in [1.54, 1.807) is 4.57 Å². The lowest BCUT2D eigenvalue weighted by atomic mass is 9.75. The summed E-state index contributed by atoms with van der Waals surface area (Å²) < 4.78 is 3.61. The Morgan fingerprint density at radius 2 is 2.00 bits per heavy atom. The number of rotatable bonds is 0. The third-order valence-corrected chi connectivity index (χ3v) is 4.55. The molecule has 0 N–H and O–H groups in total. The lowest BCUT2D eigenvalue weighted by Gasteiger charge is -2.40. The van der Waals surface area contributed by atoms with Crippen molar-refractivity contribution in [1.29, 1.82) is 0 Å². The number of fused-ring (bicyclic) bond motifs is 1. The summed E-state index contributed by atoms with van der Waals surface area (Å²) >= 11 is 0. The Bertz CT molecular complexity index is 440. The van der Waals surface area contributed by atoms with Crippen LogP contribution < -0.4 is 4.57 Å². The lowest BCUT2D eigenvalue weighted by Crippen LogP contribution is -2.46. The molecule has 4 heteroatoms. The van der Waals surface area contributed by atoms with Gasteiger partial charge in [0.25, 0.3) is 6.33 Å². The zero-order valence-electron chi connectivity index (χ0n) is 11.1. The van der Waals surface area contributed by atoms with E-state index in [0.717, 1.165) is 24.9 Å². The molecule has 2 atom stereocenters. The van der Waals surface area contributed by atoms with Gasteiger partial charge in [0, 0.05) is 13.1 Å². The van der Waals surface area contributed by atoms with E-state index in [0.29, 0.717) is 0 Å². The van der Waals surface area contributed by atoms with E-state index in [2.05, 4.69) is 0 Å². The van der Waals surface area contributed by atoms with Crippen molar-refractivity contribution in [2.45, 2.75) is 32.1 Å². The van der Waals surface area contributed by atoms with Crippen molar-refractivity contribution < 1.29 is 9.36 Å². The summed E-state index contributed by atoms with van der Waals surface area (Å²) in [5.41, 5.74) is 0. The Kier molecular flexibility index (Phi) is 3.10. The first-order valence-electron chi connectivity index (χ1n) is 7.06. The van der Waals surface area contributed by atoms with Crippen molar-refractivity contribution in [1.82, 2.24) is 9.47 Å². The third-order valence-electron chi connectivity index (χ3n) is 4.55. The number of carbonyl (C=O) groups is 1. The molecule has 18 heavy (non-hydrogen) atoms. The van der Waals surface area contributed by atoms with Crippen molar-refractivity contribution in [2.24, 2.45) is 18.9 Å². The SMILES string of the molecule is C[n+]1ccn(C(=O)N2CCC3CCCCC3C2)c1. The molecule has 2 aliphatic rings. The van der Waals surface area contributed by atoms with Crippen LogP contribution in [-0.2, 0) is 7.05 Å². The van der Waals surface area contributed by atoms with Crippen molar-refractivity contribution in [2.75, 3.05) is 13.1 Å². The molecule has 0 aromatic carbocycles. The number of likely N-dealkylation sites (tertiary alicyclic amines) is 1. The summed E-state index contributed by atoms with van der Waals surface area (Å²) in [7, 11) is 1.94. The molecule has 0 spiro atoms. The highest BCUT2D eigenvalue weighted by molar-refractivity contribution is 5.76. The number of nitrogens with zero attached hydrogens (tertiary/aromatic N) is 3. The zero-order valence-corrected chi connectivity index (χ0v) is 11.1. The fraction of sp³-hybridized carbons (Fsp3) is 0.714. The molecule has 3 rings (SSSR count). The van der Waals surface area contributed by atoms with Crippen LogP contribution in [0.15, 0.2) is 18.7 Å². The van der Waals surface area contributed by atoms with E-state index >= 15 is 0 Å². The standard InChI is InChI=1S/C14H22N3O/c1-15-8-9-17(11-15)14(18)16-7-6-12-4-2-3-5-13(12)10-16/h8-9,11-13H,2-7,10H2,1H3/q+1. The third kappa shape index (κ3) is 2.16. The maximum Gasteiger partial charge on any atom is 0.415 e. The largest absolute Gasteiger partial charge is 0.415 e. The number of amides is 1. The normalized spacial score (nSPS) is 27.9. The fourth-order valence-corrected chi connectivity index (χ4v) is 3.50. The molecule has 1 saturated carbocycles. The van der Waals surface area contributed by atoms with E-state index < -0.39 is 0 Å². The first-order valence-corrected chi connectivity index (χ1v) is 7.06. The molecule has 1 aromatic rings. The summed E-state index contributed by atoms with van der Waals surface area (Å²) in [6.07, 6.45) is 12.2. The molecule has 4 nitrogen and oxygen atoms in total. The number of aromatic nitrogens is 2. The molecule has 2 fully saturated rings. The summed E-state index contributed by atoms with van der Waals surface area (Å²) in [5.74, 6) is 1.63. The second kappa shape index (κ2) is 4.75. The number of aryl methyl sites for hydroxylation is 1. The van der Waals surface area contributed by atoms with Gasteiger partial charge >= 0.3 is 6.03 Å². The Morgan fingerprint density at radius 1 is 1.22 bits per heavy atom. The molecule has 0 radical (unpaired) electrons. The molecular formula is C14H22N3O+. The molecule has 2 heterocycles. The zero-order chi connectivity index (χ0) is 12.5. The predicted molar refractivity (Wildman–Crippen MR) is 68.0 cm³/mol. The van der Waals surface area contributed by atoms with Gasteiger partial charge in [0.1, 0.15) is 12.4 Å². The minimum Gasteiger partial charge on any atom is -0.304 e. The predicted octanol–water partition coefficient (Wildman–Crippen LogP) is 1.79. The van der Waals surface area contributed by atoms with Crippen molar-refractivity contribution >= 4 is 6.03 Å². The number of carbonyl (C=O) groups excluding carboxylic acids is 1. The van der Waals surface area contributed by atoms with E-state index in [1.165, 1.54) is 32.1 Å². The van der Waals surface area contributed by atoms with Gasteiger partial charge in [-0.1, -0.05) is 19.3 Å². The summed E-state index contributed by atoms with van der Waals surface area (Å²) in [6, 6.07) is 0.139. The van der Waals surface area contributed by atoms with Crippen molar-refractivity contribution in [3.63, 3.8) is 0 Å². The molecular weight excluding hydrogens is 226 g/mol. The van der Waals surface area contributed by atoms with E-state index in [-0.39, 0.29) is 6.03 Å². The number of imidazole rings is 1. The van der Waals surface area contributed by atoms with Crippen LogP contribution in [-0.4, -0.2) is 28.6 Å². The molecule has 98 valence electrons. The maximum atomic E-state index is 12.4. The highest BCUT2D eigenvalue weighted by Gasteiger charge is 2.34. The van der Waals surface area contributed by atoms with Gasteiger partial charge in [-0.05, 0) is 24.7 Å². The van der Waals surface area contributed by atoms with Crippen molar-refractivity contribution in [3.05, 3.63) is 18.7 Å². The van der Waals surface area contributed by atoms with Crippen LogP contribution in [0.25, 0.3) is 0 Å². The summed E-state index contributed by atoms with van der Waals surface area (Å²) in [6.45, 7) is 1.90. The van der Waals surface area contributed by atoms with Crippen molar-refractivity contribution in [3.8, 4) is 0 Å². The molecule has 1 saturated heterocycles. The van der Waals surface area contributed by atoms with Gasteiger partial charge in [-0.3, -0.25) is 0 Å². The maximum absolute atomic E-state index is 12.4. The topological polar surface area (TPSA) is 29.1 Å². The molecule has 2 unspecified atom stereocenters. The lowest BCUT2D eigenvalue weighted by molar-refractivity contribution is -0.670. The van der Waals surface area contributed by atoms with Crippen LogP contribution in [0.5, 0.6) is 0 Å². The van der Waals surface area contributed by atoms with E-state index in [4.69, 9.17) is 0 Å². The Morgan fingerprint density at radius 3 is 2.72 bits per heavy atom. The van der Waals surface area contributed by atoms with E-state index in [9.17, 15) is 4.79 Å². The van der Waals surface area contributed by atoms with Gasteiger partial charge in [0.15, 0.2) is 0 Å². The van der Waals surface area contributed by atoms with Gasteiger partial charge in [0.05, 0.1) is 7.05 Å². The fourth-order valence-electron chi connectivity index (χ4n) is 3.50. The molecule has 1 aliphatic heterocycles. The molecule has 1 amide bonds. The van der Waals surface area contributed by atoms with Gasteiger partial charge in [0.2, 0.25) is 0 Å². The molecule has 0 bridgehead atoms.